The van der Waals surface area contributed by atoms with Gasteiger partial charge >= 0.3 is 5.97 Å². The zero-order valence-corrected chi connectivity index (χ0v) is 15.4. The molecule has 0 aliphatic carbocycles. The maximum atomic E-state index is 13.9. The summed E-state index contributed by atoms with van der Waals surface area (Å²) in [5.41, 5.74) is 0.524. The van der Waals surface area contributed by atoms with E-state index < -0.39 is 5.97 Å². The fraction of sp³-hybridized carbons (Fsp3) is 0.263. The SMILES string of the molecule is COCCN(CC(=O)OC)C(=O)C=Cc1ccc(-c2ccccc2F)s1. The molecule has 0 atom stereocenters. The fourth-order valence-corrected chi connectivity index (χ4v) is 3.13. The Labute approximate surface area is 155 Å². The Morgan fingerprint density at radius 3 is 2.65 bits per heavy atom. The van der Waals surface area contributed by atoms with Gasteiger partial charge in [-0.1, -0.05) is 18.2 Å². The molecule has 0 unspecified atom stereocenters. The number of ether oxygens (including phenoxy) is 2. The summed E-state index contributed by atoms with van der Waals surface area (Å²) in [6.45, 7) is 0.445. The number of amides is 1. The lowest BCUT2D eigenvalue weighted by Gasteiger charge is -2.19. The van der Waals surface area contributed by atoms with E-state index in [1.54, 1.807) is 24.3 Å². The van der Waals surface area contributed by atoms with E-state index in [2.05, 4.69) is 4.74 Å². The van der Waals surface area contributed by atoms with E-state index >= 15 is 0 Å². The van der Waals surface area contributed by atoms with Crippen molar-refractivity contribution in [2.24, 2.45) is 0 Å². The van der Waals surface area contributed by atoms with Crippen LogP contribution in [0.5, 0.6) is 0 Å². The molecular formula is C19H20FNO4S. The van der Waals surface area contributed by atoms with Gasteiger partial charge in [-0.2, -0.15) is 0 Å². The van der Waals surface area contributed by atoms with E-state index in [9.17, 15) is 14.0 Å². The first-order valence-electron chi connectivity index (χ1n) is 7.92. The summed E-state index contributed by atoms with van der Waals surface area (Å²) in [6, 6.07) is 10.2. The smallest absolute Gasteiger partial charge is 0.325 e. The molecule has 0 radical (unpaired) electrons. The second-order valence-electron chi connectivity index (χ2n) is 5.34. The molecule has 1 amide bonds. The average molecular weight is 377 g/mol. The molecule has 0 saturated carbocycles. The molecule has 2 aromatic rings. The Balaban J connectivity index is 2.08. The topological polar surface area (TPSA) is 55.8 Å². The maximum Gasteiger partial charge on any atom is 0.325 e. The number of benzene rings is 1. The van der Waals surface area contributed by atoms with Crippen LogP contribution in [0.2, 0.25) is 0 Å². The van der Waals surface area contributed by atoms with Gasteiger partial charge in [-0.25, -0.2) is 4.39 Å². The van der Waals surface area contributed by atoms with Gasteiger partial charge in [-0.15, -0.1) is 11.3 Å². The van der Waals surface area contributed by atoms with Gasteiger partial charge in [-0.05, 0) is 24.3 Å². The van der Waals surface area contributed by atoms with Gasteiger partial charge in [0.05, 0.1) is 13.7 Å². The van der Waals surface area contributed by atoms with E-state index in [-0.39, 0.29) is 24.8 Å². The number of nitrogens with zero attached hydrogens (tertiary/aromatic N) is 1. The first kappa shape index (κ1) is 19.8. The molecule has 1 heterocycles. The number of esters is 1. The van der Waals surface area contributed by atoms with E-state index in [0.717, 1.165) is 9.75 Å². The molecule has 0 aliphatic heterocycles. The van der Waals surface area contributed by atoms with E-state index in [4.69, 9.17) is 4.74 Å². The molecule has 5 nitrogen and oxygen atoms in total. The van der Waals surface area contributed by atoms with E-state index in [0.29, 0.717) is 12.2 Å². The number of halogens is 1. The molecule has 7 heteroatoms. The quantitative estimate of drug-likeness (QED) is 0.524. The molecule has 0 saturated heterocycles. The zero-order chi connectivity index (χ0) is 18.9. The Bertz CT molecular complexity index is 787. The highest BCUT2D eigenvalue weighted by molar-refractivity contribution is 7.16. The summed E-state index contributed by atoms with van der Waals surface area (Å²) in [5.74, 6) is -1.11. The van der Waals surface area contributed by atoms with Crippen LogP contribution in [0, 0.1) is 5.82 Å². The summed E-state index contributed by atoms with van der Waals surface area (Å²) < 4.78 is 23.4. The first-order valence-corrected chi connectivity index (χ1v) is 8.74. The molecule has 0 bridgehead atoms. The highest BCUT2D eigenvalue weighted by Gasteiger charge is 2.15. The van der Waals surface area contributed by atoms with Crippen LogP contribution in [0.3, 0.4) is 0 Å². The summed E-state index contributed by atoms with van der Waals surface area (Å²) in [5, 5.41) is 0. The summed E-state index contributed by atoms with van der Waals surface area (Å²) in [4.78, 5) is 26.7. The summed E-state index contributed by atoms with van der Waals surface area (Å²) in [7, 11) is 2.79. The molecular weight excluding hydrogens is 357 g/mol. The van der Waals surface area contributed by atoms with Crippen LogP contribution in [0.4, 0.5) is 4.39 Å². The van der Waals surface area contributed by atoms with Crippen molar-refractivity contribution < 1.29 is 23.5 Å². The lowest BCUT2D eigenvalue weighted by Crippen LogP contribution is -2.37. The molecule has 0 fully saturated rings. The highest BCUT2D eigenvalue weighted by atomic mass is 32.1. The van der Waals surface area contributed by atoms with E-state index in [1.165, 1.54) is 42.6 Å². The molecule has 26 heavy (non-hydrogen) atoms. The van der Waals surface area contributed by atoms with Crippen molar-refractivity contribution in [1.82, 2.24) is 4.90 Å². The highest BCUT2D eigenvalue weighted by Crippen LogP contribution is 2.30. The molecule has 2 rings (SSSR count). The fourth-order valence-electron chi connectivity index (χ4n) is 2.20. The number of rotatable bonds is 8. The first-order chi connectivity index (χ1) is 12.5. The average Bonchev–Trinajstić information content (AvgIpc) is 3.12. The molecule has 0 aliphatic rings. The third kappa shape index (κ3) is 5.50. The third-order valence-corrected chi connectivity index (χ3v) is 4.66. The lowest BCUT2D eigenvalue weighted by molar-refractivity contribution is -0.145. The number of carbonyl (C=O) groups excluding carboxylic acids is 2. The van der Waals surface area contributed by atoms with Crippen LogP contribution in [0.25, 0.3) is 16.5 Å². The standard InChI is InChI=1S/C19H20FNO4S/c1-24-12-11-21(13-19(23)25-2)18(22)10-8-14-7-9-17(26-14)15-5-3-4-6-16(15)20/h3-10H,11-13H2,1-2H3. The number of hydrogen-bond acceptors (Lipinski definition) is 5. The molecule has 0 N–H and O–H groups in total. The number of carbonyl (C=O) groups is 2. The summed E-state index contributed by atoms with van der Waals surface area (Å²) >= 11 is 1.38. The largest absolute Gasteiger partial charge is 0.468 e. The van der Waals surface area contributed by atoms with Crippen molar-refractivity contribution in [1.29, 1.82) is 0 Å². The van der Waals surface area contributed by atoms with Crippen LogP contribution >= 0.6 is 11.3 Å². The Hall–Kier alpha value is -2.51. The van der Waals surface area contributed by atoms with E-state index in [1.807, 2.05) is 12.1 Å². The van der Waals surface area contributed by atoms with Gasteiger partial charge in [0.15, 0.2) is 0 Å². The van der Waals surface area contributed by atoms with Crippen molar-refractivity contribution in [2.45, 2.75) is 0 Å². The predicted molar refractivity (Wildman–Crippen MR) is 99.2 cm³/mol. The van der Waals surface area contributed by atoms with Crippen LogP contribution in [0.1, 0.15) is 4.88 Å². The minimum absolute atomic E-state index is 0.145. The van der Waals surface area contributed by atoms with Crippen LogP contribution < -0.4 is 0 Å². The van der Waals surface area contributed by atoms with Crippen LogP contribution in [-0.4, -0.2) is 50.7 Å². The maximum absolute atomic E-state index is 13.9. The minimum Gasteiger partial charge on any atom is -0.468 e. The van der Waals surface area contributed by atoms with Gasteiger partial charge in [0.25, 0.3) is 0 Å². The Morgan fingerprint density at radius 2 is 1.96 bits per heavy atom. The molecule has 1 aromatic heterocycles. The summed E-state index contributed by atoms with van der Waals surface area (Å²) in [6.07, 6.45) is 3.03. The van der Waals surface area contributed by atoms with Crippen LogP contribution in [-0.2, 0) is 19.1 Å². The molecule has 138 valence electrons. The molecule has 0 spiro atoms. The van der Waals surface area contributed by atoms with Crippen molar-refractivity contribution in [3.63, 3.8) is 0 Å². The van der Waals surface area contributed by atoms with Crippen molar-refractivity contribution >= 4 is 29.3 Å². The third-order valence-electron chi connectivity index (χ3n) is 3.58. The number of thiophene rings is 1. The zero-order valence-electron chi connectivity index (χ0n) is 14.6. The van der Waals surface area contributed by atoms with Crippen LogP contribution in [0.15, 0.2) is 42.5 Å². The second kappa shape index (κ2) is 9.84. The predicted octanol–water partition coefficient (Wildman–Crippen LogP) is 3.22. The monoisotopic (exact) mass is 377 g/mol. The van der Waals surface area contributed by atoms with Gasteiger partial charge < -0.3 is 14.4 Å². The van der Waals surface area contributed by atoms with Gasteiger partial charge in [0.2, 0.25) is 5.91 Å². The van der Waals surface area contributed by atoms with Crippen molar-refractivity contribution in [2.75, 3.05) is 33.9 Å². The minimum atomic E-state index is -0.499. The Kier molecular flexibility index (Phi) is 7.50. The number of hydrogen-bond donors (Lipinski definition) is 0. The second-order valence-corrected chi connectivity index (χ2v) is 6.46. The molecule has 1 aromatic carbocycles. The normalized spacial score (nSPS) is 10.9. The Morgan fingerprint density at radius 1 is 1.19 bits per heavy atom. The van der Waals surface area contributed by atoms with Crippen molar-refractivity contribution in [3.05, 3.63) is 53.2 Å². The lowest BCUT2D eigenvalue weighted by atomic mass is 10.2. The van der Waals surface area contributed by atoms with Gasteiger partial charge in [0, 0.05) is 35.0 Å². The van der Waals surface area contributed by atoms with Gasteiger partial charge in [-0.3, -0.25) is 9.59 Å². The number of methoxy groups -OCH3 is 2. The van der Waals surface area contributed by atoms with Gasteiger partial charge in [0.1, 0.15) is 12.4 Å². The van der Waals surface area contributed by atoms with Crippen molar-refractivity contribution in [3.8, 4) is 10.4 Å².